The molecule has 0 atom stereocenters. The number of phenolic OH excluding ortho intramolecular Hbond substituents is 1. The third-order valence-electron chi connectivity index (χ3n) is 13.3. The first-order chi connectivity index (χ1) is 33.6. The molecule has 11 nitrogen and oxygen atoms in total. The summed E-state index contributed by atoms with van der Waals surface area (Å²) in [7, 11) is 0. The lowest BCUT2D eigenvalue weighted by Crippen LogP contribution is -2.31. The third-order valence-corrected chi connectivity index (χ3v) is 13.3. The third kappa shape index (κ3) is 9.41. The Hall–Kier alpha value is -7.66. The molecule has 0 bridgehead atoms. The summed E-state index contributed by atoms with van der Waals surface area (Å²) in [6, 6.07) is 34.1. The maximum Gasteiger partial charge on any atom is 0.266 e. The highest BCUT2D eigenvalue weighted by molar-refractivity contribution is 6.36. The van der Waals surface area contributed by atoms with Crippen LogP contribution in [0.1, 0.15) is 214 Å². The number of carbonyl (C=O) groups excluding carboxylic acids is 6. The molecular weight excluding hydrogens is 889 g/mol. The monoisotopic (exact) mass is 952 g/mol. The number of rotatable bonds is 9. The lowest BCUT2D eigenvalue weighted by Gasteiger charge is -2.25. The number of nitrogens with zero attached hydrogens (tertiary/aromatic N) is 3. The van der Waals surface area contributed by atoms with Crippen LogP contribution < -0.4 is 20.4 Å². The lowest BCUT2D eigenvalue weighted by molar-refractivity contribution is 0.0909. The molecule has 6 aromatic carbocycles. The van der Waals surface area contributed by atoms with E-state index >= 15 is 0 Å². The van der Waals surface area contributed by atoms with Crippen molar-refractivity contribution in [2.45, 2.75) is 119 Å². The molecule has 11 heteroatoms. The van der Waals surface area contributed by atoms with E-state index in [2.05, 4.69) is 55.4 Å². The zero-order valence-electron chi connectivity index (χ0n) is 42.7. The van der Waals surface area contributed by atoms with Crippen LogP contribution in [0.15, 0.2) is 115 Å². The summed E-state index contributed by atoms with van der Waals surface area (Å²) < 4.78 is 0. The van der Waals surface area contributed by atoms with Crippen molar-refractivity contribution in [1.82, 2.24) is 0 Å². The fraction of sp³-hybridized carbons (Fsp3) is 0.300. The van der Waals surface area contributed by atoms with Gasteiger partial charge in [0.2, 0.25) is 0 Å². The normalized spacial score (nSPS) is 14.0. The van der Waals surface area contributed by atoms with Gasteiger partial charge in [-0.1, -0.05) is 150 Å². The first kappa shape index (κ1) is 51.2. The van der Waals surface area contributed by atoms with E-state index < -0.39 is 0 Å². The SMILES string of the molecule is CC(C)c1cccc(C(C)C)c1N1C(=O)c2ccc(N)cc2C1=O.CC(C)c1cccc(C(C)C)c1N1C(=O)c2ccc(O)cc2C1=O.CC(C)c1cccc(C(C)C)c1N1C(=O)c2ccccc2C1=O. The number of fused-ring (bicyclic) bond motifs is 3. The average molecular weight is 953 g/mol. The number of carbonyl (C=O) groups is 6. The van der Waals surface area contributed by atoms with Gasteiger partial charge in [0.25, 0.3) is 35.4 Å². The molecular formula is C60H64N4O7. The summed E-state index contributed by atoms with van der Waals surface area (Å²) in [5, 5.41) is 9.66. The lowest BCUT2D eigenvalue weighted by atomic mass is 9.92. The molecule has 0 spiro atoms. The summed E-state index contributed by atoms with van der Waals surface area (Å²) in [6.07, 6.45) is 0. The first-order valence-corrected chi connectivity index (χ1v) is 24.4. The molecule has 6 amide bonds. The number of amides is 6. The molecule has 71 heavy (non-hydrogen) atoms. The molecule has 0 aromatic heterocycles. The number of nitrogen functional groups attached to an aromatic ring is 1. The van der Waals surface area contributed by atoms with E-state index in [1.807, 2.05) is 82.3 Å². The van der Waals surface area contributed by atoms with E-state index in [0.29, 0.717) is 39.2 Å². The van der Waals surface area contributed by atoms with Crippen LogP contribution >= 0.6 is 0 Å². The molecule has 3 aliphatic heterocycles. The highest BCUT2D eigenvalue weighted by atomic mass is 16.3. The first-order valence-electron chi connectivity index (χ1n) is 24.4. The number of nitrogens with two attached hydrogens (primary N) is 1. The zero-order chi connectivity index (χ0) is 51.9. The molecule has 0 saturated heterocycles. The zero-order valence-corrected chi connectivity index (χ0v) is 42.7. The molecule has 0 radical (unpaired) electrons. The van der Waals surface area contributed by atoms with Gasteiger partial charge in [0, 0.05) is 5.69 Å². The molecule has 0 fully saturated rings. The van der Waals surface area contributed by atoms with Crippen LogP contribution in [-0.4, -0.2) is 40.5 Å². The van der Waals surface area contributed by atoms with Crippen LogP contribution in [0.25, 0.3) is 0 Å². The van der Waals surface area contributed by atoms with Crippen LogP contribution in [0.3, 0.4) is 0 Å². The molecule has 3 heterocycles. The van der Waals surface area contributed by atoms with Gasteiger partial charge in [-0.2, -0.15) is 0 Å². The summed E-state index contributed by atoms with van der Waals surface area (Å²) in [6.45, 7) is 24.8. The molecule has 0 saturated carbocycles. The van der Waals surface area contributed by atoms with Crippen molar-refractivity contribution in [3.63, 3.8) is 0 Å². The highest BCUT2D eigenvalue weighted by Crippen LogP contribution is 2.43. The van der Waals surface area contributed by atoms with Crippen molar-refractivity contribution in [2.24, 2.45) is 0 Å². The molecule has 0 aliphatic carbocycles. The Morgan fingerprint density at radius 2 is 0.577 bits per heavy atom. The summed E-state index contributed by atoms with van der Waals surface area (Å²) in [5.41, 5.74) is 16.9. The fourth-order valence-corrected chi connectivity index (χ4v) is 9.60. The van der Waals surface area contributed by atoms with Crippen molar-refractivity contribution in [3.05, 3.63) is 182 Å². The van der Waals surface area contributed by atoms with E-state index in [1.54, 1.807) is 42.5 Å². The van der Waals surface area contributed by atoms with Gasteiger partial charge in [0.05, 0.1) is 50.4 Å². The topological polar surface area (TPSA) is 158 Å². The average Bonchev–Trinajstić information content (AvgIpc) is 3.84. The Morgan fingerprint density at radius 1 is 0.324 bits per heavy atom. The van der Waals surface area contributed by atoms with Crippen LogP contribution in [0, 0.1) is 0 Å². The second-order valence-corrected chi connectivity index (χ2v) is 20.2. The van der Waals surface area contributed by atoms with Gasteiger partial charge in [-0.3, -0.25) is 28.8 Å². The number of phenols is 1. The number of aromatic hydroxyl groups is 1. The van der Waals surface area contributed by atoms with Gasteiger partial charge in [-0.25, -0.2) is 14.7 Å². The minimum atomic E-state index is -0.374. The van der Waals surface area contributed by atoms with Crippen LogP contribution in [-0.2, 0) is 0 Å². The van der Waals surface area contributed by atoms with Crippen molar-refractivity contribution >= 4 is 58.2 Å². The summed E-state index contributed by atoms with van der Waals surface area (Å²) in [4.78, 5) is 81.4. The standard InChI is InChI=1S/C20H22N2O2.C20H21NO3.C20H21NO2/c1-11(2)14-6-5-7-15(12(3)4)18(14)22-19(23)16-9-8-13(21)10-17(16)20(22)24;1-11(2)14-6-5-7-15(12(3)4)18(14)21-19(23)16-9-8-13(22)10-17(16)20(21)24;1-12(2)14-10-7-11-15(13(3)4)18(14)21-19(22)16-8-5-6-9-17(16)20(21)23/h5-12H,21H2,1-4H3;5-12,22H,1-4H3;5-13H,1-4H3. The Labute approximate surface area is 417 Å². The predicted molar refractivity (Wildman–Crippen MR) is 283 cm³/mol. The van der Waals surface area contributed by atoms with Crippen molar-refractivity contribution < 1.29 is 33.9 Å². The predicted octanol–water partition coefficient (Wildman–Crippen LogP) is 13.5. The number of para-hydroxylation sites is 3. The van der Waals surface area contributed by atoms with Gasteiger partial charge < -0.3 is 10.8 Å². The molecule has 9 rings (SSSR count). The van der Waals surface area contributed by atoms with Crippen LogP contribution in [0.4, 0.5) is 22.7 Å². The second kappa shape index (κ2) is 20.4. The number of anilines is 4. The Morgan fingerprint density at radius 3 is 0.873 bits per heavy atom. The summed E-state index contributed by atoms with van der Waals surface area (Å²) in [5.74, 6) is -0.512. The highest BCUT2D eigenvalue weighted by Gasteiger charge is 2.42. The van der Waals surface area contributed by atoms with Crippen LogP contribution in [0.2, 0.25) is 0 Å². The molecule has 3 N–H and O–H groups in total. The molecule has 3 aliphatic rings. The van der Waals surface area contributed by atoms with Gasteiger partial charge in [-0.15, -0.1) is 0 Å². The molecule has 6 aromatic rings. The van der Waals surface area contributed by atoms with E-state index in [4.69, 9.17) is 5.73 Å². The van der Waals surface area contributed by atoms with E-state index in [-0.39, 0.29) is 82.3 Å². The van der Waals surface area contributed by atoms with Gasteiger partial charge in [0.1, 0.15) is 5.75 Å². The molecule has 0 unspecified atom stereocenters. The van der Waals surface area contributed by atoms with Crippen molar-refractivity contribution in [3.8, 4) is 5.75 Å². The largest absolute Gasteiger partial charge is 0.508 e. The maximum absolute atomic E-state index is 13.0. The minimum absolute atomic E-state index is 0.0158. The maximum atomic E-state index is 13.0. The number of hydrogen-bond acceptors (Lipinski definition) is 8. The van der Waals surface area contributed by atoms with E-state index in [1.165, 1.54) is 32.9 Å². The smallest absolute Gasteiger partial charge is 0.266 e. The van der Waals surface area contributed by atoms with Crippen LogP contribution in [0.5, 0.6) is 5.75 Å². The number of hydrogen-bond donors (Lipinski definition) is 2. The van der Waals surface area contributed by atoms with E-state index in [9.17, 15) is 33.9 Å². The van der Waals surface area contributed by atoms with Crippen molar-refractivity contribution in [2.75, 3.05) is 20.4 Å². The summed E-state index contributed by atoms with van der Waals surface area (Å²) >= 11 is 0. The number of benzene rings is 6. The number of imide groups is 3. The molecule has 366 valence electrons. The fourth-order valence-electron chi connectivity index (χ4n) is 9.60. The Kier molecular flexibility index (Phi) is 14.7. The van der Waals surface area contributed by atoms with Crippen molar-refractivity contribution in [1.29, 1.82) is 0 Å². The Bertz CT molecular complexity index is 2870. The Balaban J connectivity index is 0.000000157. The quantitative estimate of drug-likeness (QED) is 0.107. The van der Waals surface area contributed by atoms with Gasteiger partial charge in [0.15, 0.2) is 0 Å². The second-order valence-electron chi connectivity index (χ2n) is 20.2. The van der Waals surface area contributed by atoms with E-state index in [0.717, 1.165) is 44.8 Å². The minimum Gasteiger partial charge on any atom is -0.508 e. The van der Waals surface area contributed by atoms with Gasteiger partial charge in [-0.05, 0) is 117 Å². The van der Waals surface area contributed by atoms with Gasteiger partial charge >= 0.3 is 0 Å².